The van der Waals surface area contributed by atoms with E-state index < -0.39 is 0 Å². The molecule has 0 spiro atoms. The van der Waals surface area contributed by atoms with Crippen molar-refractivity contribution < 1.29 is 9.53 Å². The average molecular weight is 212 g/mol. The molecule has 0 aromatic carbocycles. The maximum atomic E-state index is 11.0. The van der Waals surface area contributed by atoms with Crippen molar-refractivity contribution in [3.05, 3.63) is 0 Å². The summed E-state index contributed by atoms with van der Waals surface area (Å²) in [6, 6.07) is 0. The first-order valence-electron chi connectivity index (χ1n) is 6.38. The van der Waals surface area contributed by atoms with Gasteiger partial charge in [-0.3, -0.25) is 4.79 Å². The Hall–Kier alpha value is -0.530. The average Bonchev–Trinajstić information content (AvgIpc) is 2.53. The van der Waals surface area contributed by atoms with E-state index in [-0.39, 0.29) is 11.6 Å². The van der Waals surface area contributed by atoms with E-state index in [0.717, 1.165) is 12.8 Å². The van der Waals surface area contributed by atoms with Crippen molar-refractivity contribution in [1.29, 1.82) is 0 Å². The molecule has 0 unspecified atom stereocenters. The fraction of sp³-hybridized carbons (Fsp3) is 0.923. The summed E-state index contributed by atoms with van der Waals surface area (Å²) in [5.41, 5.74) is -0.137. The summed E-state index contributed by atoms with van der Waals surface area (Å²) >= 11 is 0. The first-order valence-corrected chi connectivity index (χ1v) is 6.38. The van der Waals surface area contributed by atoms with E-state index in [1.165, 1.54) is 38.5 Å². The molecule has 88 valence electrons. The predicted octanol–water partition coefficient (Wildman–Crippen LogP) is 3.83. The molecule has 0 aromatic rings. The van der Waals surface area contributed by atoms with Gasteiger partial charge in [0.2, 0.25) is 0 Å². The van der Waals surface area contributed by atoms with Gasteiger partial charge in [0.15, 0.2) is 0 Å². The topological polar surface area (TPSA) is 26.3 Å². The minimum atomic E-state index is -0.137. The summed E-state index contributed by atoms with van der Waals surface area (Å²) in [7, 11) is 0. The lowest BCUT2D eigenvalue weighted by molar-refractivity contribution is -0.147. The lowest BCUT2D eigenvalue weighted by Crippen LogP contribution is -2.23. The predicted molar refractivity (Wildman–Crippen MR) is 61.7 cm³/mol. The van der Waals surface area contributed by atoms with Gasteiger partial charge in [-0.25, -0.2) is 0 Å². The summed E-state index contributed by atoms with van der Waals surface area (Å²) in [6.45, 7) is 4.31. The summed E-state index contributed by atoms with van der Waals surface area (Å²) in [5.74, 6) is -0.0107. The zero-order chi connectivity index (χ0) is 11.1. The Labute approximate surface area is 93.4 Å². The zero-order valence-electron chi connectivity index (χ0n) is 10.2. The molecule has 1 heterocycles. The summed E-state index contributed by atoms with van der Waals surface area (Å²) in [6.07, 6.45) is 10.4. The van der Waals surface area contributed by atoms with Crippen molar-refractivity contribution in [2.75, 3.05) is 0 Å². The van der Waals surface area contributed by atoms with Crippen molar-refractivity contribution >= 4 is 5.97 Å². The van der Waals surface area contributed by atoms with Crippen LogP contribution in [0.3, 0.4) is 0 Å². The second-order valence-electron chi connectivity index (χ2n) is 4.94. The quantitative estimate of drug-likeness (QED) is 0.473. The molecule has 15 heavy (non-hydrogen) atoms. The van der Waals surface area contributed by atoms with Crippen molar-refractivity contribution in [2.24, 2.45) is 0 Å². The number of cyclic esters (lactones) is 1. The van der Waals surface area contributed by atoms with Gasteiger partial charge >= 0.3 is 5.97 Å². The molecule has 0 amide bonds. The minimum absolute atomic E-state index is 0.0107. The number of esters is 1. The molecule has 0 radical (unpaired) electrons. The molecule has 1 fully saturated rings. The highest BCUT2D eigenvalue weighted by Gasteiger charge is 2.34. The molecular weight excluding hydrogens is 188 g/mol. The third kappa shape index (κ3) is 4.67. The number of rotatable bonds is 7. The van der Waals surface area contributed by atoms with Crippen molar-refractivity contribution in [1.82, 2.24) is 0 Å². The van der Waals surface area contributed by atoms with Gasteiger partial charge in [0.25, 0.3) is 0 Å². The Balaban J connectivity index is 2.02. The van der Waals surface area contributed by atoms with E-state index >= 15 is 0 Å². The van der Waals surface area contributed by atoms with Crippen LogP contribution in [0.2, 0.25) is 0 Å². The molecular formula is C13H24O2. The van der Waals surface area contributed by atoms with Crippen LogP contribution in [0, 0.1) is 0 Å². The molecule has 1 rings (SSSR count). The molecule has 0 saturated carbocycles. The first kappa shape index (κ1) is 12.5. The smallest absolute Gasteiger partial charge is 0.306 e. The molecule has 0 bridgehead atoms. The van der Waals surface area contributed by atoms with Crippen molar-refractivity contribution in [3.8, 4) is 0 Å². The van der Waals surface area contributed by atoms with Crippen molar-refractivity contribution in [3.63, 3.8) is 0 Å². The third-order valence-corrected chi connectivity index (χ3v) is 3.28. The maximum Gasteiger partial charge on any atom is 0.306 e. The standard InChI is InChI=1S/C13H24O2/c1-3-4-5-6-7-8-10-13(2)11-9-12(14)15-13/h3-11H2,1-2H3/t13-/m1/s1. The third-order valence-electron chi connectivity index (χ3n) is 3.28. The fourth-order valence-electron chi connectivity index (χ4n) is 2.20. The molecule has 0 N–H and O–H groups in total. The molecule has 1 atom stereocenters. The zero-order valence-corrected chi connectivity index (χ0v) is 10.2. The molecule has 2 heteroatoms. The Bertz CT molecular complexity index is 201. The second kappa shape index (κ2) is 6.14. The number of carbonyl (C=O) groups excluding carboxylic acids is 1. The number of hydrogen-bond acceptors (Lipinski definition) is 2. The molecule has 0 aromatic heterocycles. The first-order chi connectivity index (χ1) is 7.16. The molecule has 2 nitrogen and oxygen atoms in total. The normalized spacial score (nSPS) is 25.6. The van der Waals surface area contributed by atoms with Crippen LogP contribution >= 0.6 is 0 Å². The van der Waals surface area contributed by atoms with Crippen LogP contribution in [0.25, 0.3) is 0 Å². The van der Waals surface area contributed by atoms with Gasteiger partial charge in [-0.1, -0.05) is 39.0 Å². The maximum absolute atomic E-state index is 11.0. The van der Waals surface area contributed by atoms with Crippen LogP contribution in [-0.2, 0) is 9.53 Å². The van der Waals surface area contributed by atoms with Crippen LogP contribution in [0.5, 0.6) is 0 Å². The summed E-state index contributed by atoms with van der Waals surface area (Å²) in [5, 5.41) is 0. The number of unbranched alkanes of at least 4 members (excludes halogenated alkanes) is 5. The monoisotopic (exact) mass is 212 g/mol. The lowest BCUT2D eigenvalue weighted by Gasteiger charge is -2.22. The Morgan fingerprint density at radius 1 is 1.20 bits per heavy atom. The van der Waals surface area contributed by atoms with E-state index in [9.17, 15) is 4.79 Å². The van der Waals surface area contributed by atoms with Crippen LogP contribution in [0.4, 0.5) is 0 Å². The van der Waals surface area contributed by atoms with Crippen LogP contribution < -0.4 is 0 Å². The van der Waals surface area contributed by atoms with Crippen molar-refractivity contribution in [2.45, 2.75) is 77.2 Å². The highest BCUT2D eigenvalue weighted by atomic mass is 16.6. The van der Waals surface area contributed by atoms with Crippen LogP contribution in [0.1, 0.15) is 71.6 Å². The minimum Gasteiger partial charge on any atom is -0.459 e. The van der Waals surface area contributed by atoms with Gasteiger partial charge in [-0.15, -0.1) is 0 Å². The van der Waals surface area contributed by atoms with Gasteiger partial charge < -0.3 is 4.74 Å². The van der Waals surface area contributed by atoms with E-state index in [4.69, 9.17) is 4.74 Å². The lowest BCUT2D eigenvalue weighted by atomic mass is 9.95. The van der Waals surface area contributed by atoms with Gasteiger partial charge in [0.05, 0.1) is 0 Å². The van der Waals surface area contributed by atoms with Gasteiger partial charge in [-0.05, 0) is 26.2 Å². The number of ether oxygens (including phenoxy) is 1. The van der Waals surface area contributed by atoms with E-state index in [2.05, 4.69) is 13.8 Å². The van der Waals surface area contributed by atoms with E-state index in [1.54, 1.807) is 0 Å². The number of carbonyl (C=O) groups is 1. The Kier molecular flexibility index (Phi) is 5.13. The van der Waals surface area contributed by atoms with E-state index in [0.29, 0.717) is 6.42 Å². The van der Waals surface area contributed by atoms with Gasteiger partial charge in [0.1, 0.15) is 5.60 Å². The van der Waals surface area contributed by atoms with Gasteiger partial charge in [-0.2, -0.15) is 0 Å². The number of hydrogen-bond donors (Lipinski definition) is 0. The van der Waals surface area contributed by atoms with Gasteiger partial charge in [0, 0.05) is 6.42 Å². The molecule has 0 aliphatic carbocycles. The van der Waals surface area contributed by atoms with E-state index in [1.807, 2.05) is 0 Å². The summed E-state index contributed by atoms with van der Waals surface area (Å²) in [4.78, 5) is 11.0. The molecule has 1 saturated heterocycles. The molecule has 1 aliphatic heterocycles. The highest BCUT2D eigenvalue weighted by Crippen LogP contribution is 2.31. The largest absolute Gasteiger partial charge is 0.459 e. The summed E-state index contributed by atoms with van der Waals surface area (Å²) < 4.78 is 5.34. The SMILES string of the molecule is CCCCCCCC[C@]1(C)CCC(=O)O1. The Morgan fingerprint density at radius 3 is 2.47 bits per heavy atom. The highest BCUT2D eigenvalue weighted by molar-refractivity contribution is 5.72. The molecule has 1 aliphatic rings. The fourth-order valence-corrected chi connectivity index (χ4v) is 2.20. The Morgan fingerprint density at radius 2 is 1.87 bits per heavy atom. The van der Waals surface area contributed by atoms with Crippen LogP contribution in [-0.4, -0.2) is 11.6 Å². The second-order valence-corrected chi connectivity index (χ2v) is 4.94. The van der Waals surface area contributed by atoms with Crippen LogP contribution in [0.15, 0.2) is 0 Å².